The molecule has 0 aromatic carbocycles. The van der Waals surface area contributed by atoms with E-state index in [0.29, 0.717) is 43.4 Å². The van der Waals surface area contributed by atoms with Crippen molar-refractivity contribution in [2.24, 2.45) is 23.0 Å². The third kappa shape index (κ3) is 5.38. The van der Waals surface area contributed by atoms with Crippen molar-refractivity contribution >= 4 is 23.4 Å². The third-order valence-corrected chi connectivity index (χ3v) is 10.4. The SMILES string of the molecule is COCCOC[C@H]1C[C@H]2COc3c(Sc4cnc(N5CCC6(CC[C@@H](C)[C@H]6N)CC5)c(CO)n4)ccnc3N2C1. The lowest BCUT2D eigenvalue weighted by atomic mass is 9.73. The Bertz CT molecular complexity index is 1180. The van der Waals surface area contributed by atoms with Gasteiger partial charge in [-0.05, 0) is 49.5 Å². The number of piperidine rings is 1. The first-order valence-electron chi connectivity index (χ1n) is 14.6. The molecule has 0 radical (unpaired) electrons. The van der Waals surface area contributed by atoms with Gasteiger partial charge in [0.1, 0.15) is 17.3 Å². The maximum Gasteiger partial charge on any atom is 0.175 e. The summed E-state index contributed by atoms with van der Waals surface area (Å²) in [6.45, 7) is 7.41. The number of fused-ring (bicyclic) bond motifs is 3. The lowest BCUT2D eigenvalue weighted by Gasteiger charge is -2.43. The van der Waals surface area contributed by atoms with E-state index in [1.54, 1.807) is 7.11 Å². The zero-order valence-electron chi connectivity index (χ0n) is 23.6. The standard InChI is InChI=1S/C29H42N6O4S/c1-19-3-5-29(26(19)30)6-9-34(10-7-29)27-22(16-36)33-24(14-32-27)40-23-4-8-31-28-25(23)39-18-21-13-20(15-35(21)28)17-38-12-11-37-2/h4,8,14,19-21,26,36H,3,5-7,9-13,15-18,30H2,1-2H3/t19-,20+,21+,26-/m1/s1. The van der Waals surface area contributed by atoms with Gasteiger partial charge in [-0.1, -0.05) is 18.7 Å². The van der Waals surface area contributed by atoms with Crippen LogP contribution in [0.2, 0.25) is 0 Å². The van der Waals surface area contributed by atoms with E-state index in [0.717, 1.165) is 72.8 Å². The summed E-state index contributed by atoms with van der Waals surface area (Å²) in [4.78, 5) is 19.9. The molecular weight excluding hydrogens is 528 g/mol. The van der Waals surface area contributed by atoms with Gasteiger partial charge < -0.3 is 34.9 Å². The molecule has 0 amide bonds. The monoisotopic (exact) mass is 570 g/mol. The number of pyridine rings is 1. The Balaban J connectivity index is 1.13. The van der Waals surface area contributed by atoms with Gasteiger partial charge in [-0.25, -0.2) is 15.0 Å². The Kier molecular flexibility index (Phi) is 8.37. The van der Waals surface area contributed by atoms with Crippen molar-refractivity contribution in [2.75, 3.05) is 63.0 Å². The zero-order valence-corrected chi connectivity index (χ0v) is 24.4. The molecule has 4 atom stereocenters. The maximum atomic E-state index is 10.2. The van der Waals surface area contributed by atoms with Crippen LogP contribution in [0.1, 0.15) is 44.7 Å². The van der Waals surface area contributed by atoms with Crippen molar-refractivity contribution in [3.8, 4) is 5.75 Å². The molecule has 1 aliphatic carbocycles. The van der Waals surface area contributed by atoms with E-state index in [1.807, 2.05) is 18.5 Å². The molecule has 2 aromatic rings. The predicted molar refractivity (Wildman–Crippen MR) is 154 cm³/mol. The number of aliphatic hydroxyl groups is 1. The topological polar surface area (TPSA) is 119 Å². The van der Waals surface area contributed by atoms with Crippen LogP contribution in [0.25, 0.3) is 0 Å². The van der Waals surface area contributed by atoms with Crippen LogP contribution in [-0.2, 0) is 16.1 Å². The summed E-state index contributed by atoms with van der Waals surface area (Å²) in [5.74, 6) is 3.50. The third-order valence-electron chi connectivity index (χ3n) is 9.47. The summed E-state index contributed by atoms with van der Waals surface area (Å²) in [5, 5.41) is 10.9. The predicted octanol–water partition coefficient (Wildman–Crippen LogP) is 3.11. The number of aliphatic hydroxyl groups excluding tert-OH is 1. The number of rotatable bonds is 9. The van der Waals surface area contributed by atoms with Crippen molar-refractivity contribution in [1.29, 1.82) is 0 Å². The number of hydrogen-bond acceptors (Lipinski definition) is 11. The van der Waals surface area contributed by atoms with Crippen molar-refractivity contribution in [1.82, 2.24) is 15.0 Å². The number of ether oxygens (including phenoxy) is 3. The summed E-state index contributed by atoms with van der Waals surface area (Å²) >= 11 is 1.51. The highest BCUT2D eigenvalue weighted by Gasteiger charge is 2.46. The summed E-state index contributed by atoms with van der Waals surface area (Å²) < 4.78 is 17.2. The number of methoxy groups -OCH3 is 1. The molecular formula is C29H42N6O4S. The summed E-state index contributed by atoms with van der Waals surface area (Å²) in [6, 6.07) is 2.55. The minimum absolute atomic E-state index is 0.150. The summed E-state index contributed by atoms with van der Waals surface area (Å²) in [6.07, 6.45) is 9.26. The fourth-order valence-electron chi connectivity index (χ4n) is 7.11. The van der Waals surface area contributed by atoms with Crippen molar-refractivity contribution < 1.29 is 19.3 Å². The van der Waals surface area contributed by atoms with Crippen molar-refractivity contribution in [3.05, 3.63) is 24.2 Å². The van der Waals surface area contributed by atoms with E-state index >= 15 is 0 Å². The van der Waals surface area contributed by atoms with Crippen LogP contribution in [0.15, 0.2) is 28.4 Å². The largest absolute Gasteiger partial charge is 0.486 e. The minimum Gasteiger partial charge on any atom is -0.486 e. The van der Waals surface area contributed by atoms with E-state index in [1.165, 1.54) is 24.6 Å². The van der Waals surface area contributed by atoms with Gasteiger partial charge in [0.2, 0.25) is 0 Å². The second-order valence-electron chi connectivity index (χ2n) is 11.9. The first kappa shape index (κ1) is 28.0. The summed E-state index contributed by atoms with van der Waals surface area (Å²) in [7, 11) is 1.69. The molecule has 10 nitrogen and oxygen atoms in total. The molecule has 3 aliphatic heterocycles. The molecule has 2 saturated heterocycles. The van der Waals surface area contributed by atoms with Gasteiger partial charge in [0.05, 0.1) is 43.6 Å². The molecule has 5 heterocycles. The number of anilines is 2. The van der Waals surface area contributed by atoms with E-state index in [4.69, 9.17) is 34.9 Å². The fourth-order valence-corrected chi connectivity index (χ4v) is 7.97. The van der Waals surface area contributed by atoms with Crippen LogP contribution < -0.4 is 20.3 Å². The highest BCUT2D eigenvalue weighted by Crippen LogP contribution is 2.49. The molecule has 4 aliphatic rings. The smallest absolute Gasteiger partial charge is 0.175 e. The van der Waals surface area contributed by atoms with Crippen LogP contribution in [0.4, 0.5) is 11.6 Å². The lowest BCUT2D eigenvalue weighted by molar-refractivity contribution is 0.0541. The molecule has 6 rings (SSSR count). The normalized spacial score (nSPS) is 27.1. The number of nitrogens with zero attached hydrogens (tertiary/aromatic N) is 5. The van der Waals surface area contributed by atoms with Gasteiger partial charge in [0.25, 0.3) is 0 Å². The quantitative estimate of drug-likeness (QED) is 0.433. The highest BCUT2D eigenvalue weighted by molar-refractivity contribution is 7.99. The number of hydrogen-bond donors (Lipinski definition) is 2. The second kappa shape index (κ2) is 12.0. The van der Waals surface area contributed by atoms with E-state index in [9.17, 15) is 5.11 Å². The molecule has 11 heteroatoms. The zero-order chi connectivity index (χ0) is 27.7. The Labute approximate surface area is 241 Å². The van der Waals surface area contributed by atoms with Gasteiger partial charge in [-0.15, -0.1) is 0 Å². The van der Waals surface area contributed by atoms with Crippen LogP contribution >= 0.6 is 11.8 Å². The Morgan fingerprint density at radius 2 is 2.05 bits per heavy atom. The minimum atomic E-state index is -0.150. The first-order chi connectivity index (χ1) is 19.5. The number of aromatic nitrogens is 3. The van der Waals surface area contributed by atoms with Crippen LogP contribution in [0.5, 0.6) is 5.75 Å². The molecule has 40 heavy (non-hydrogen) atoms. The highest BCUT2D eigenvalue weighted by atomic mass is 32.2. The molecule has 1 saturated carbocycles. The van der Waals surface area contributed by atoms with E-state index in [-0.39, 0.29) is 18.1 Å². The van der Waals surface area contributed by atoms with Gasteiger partial charge in [0, 0.05) is 44.9 Å². The molecule has 2 aromatic heterocycles. The molecule has 218 valence electrons. The van der Waals surface area contributed by atoms with Gasteiger partial charge >= 0.3 is 0 Å². The van der Waals surface area contributed by atoms with E-state index < -0.39 is 0 Å². The van der Waals surface area contributed by atoms with Crippen LogP contribution in [0, 0.1) is 17.3 Å². The maximum absolute atomic E-state index is 10.2. The van der Waals surface area contributed by atoms with Crippen molar-refractivity contribution in [2.45, 2.75) is 67.6 Å². The van der Waals surface area contributed by atoms with Crippen LogP contribution in [0.3, 0.4) is 0 Å². The first-order valence-corrected chi connectivity index (χ1v) is 15.4. The Hall–Kier alpha value is -2.18. The lowest BCUT2D eigenvalue weighted by Crippen LogP contribution is -2.48. The van der Waals surface area contributed by atoms with Crippen molar-refractivity contribution in [3.63, 3.8) is 0 Å². The Morgan fingerprint density at radius 1 is 1.20 bits per heavy atom. The molecule has 3 N–H and O–H groups in total. The van der Waals surface area contributed by atoms with Gasteiger partial charge in [-0.2, -0.15) is 0 Å². The molecule has 1 spiro atoms. The number of nitrogens with two attached hydrogens (primary N) is 1. The fraction of sp³-hybridized carbons (Fsp3) is 0.690. The van der Waals surface area contributed by atoms with E-state index in [2.05, 4.69) is 16.7 Å². The van der Waals surface area contributed by atoms with Gasteiger partial charge in [0.15, 0.2) is 17.4 Å². The average molecular weight is 571 g/mol. The average Bonchev–Trinajstić information content (AvgIpc) is 3.53. The Morgan fingerprint density at radius 3 is 2.80 bits per heavy atom. The van der Waals surface area contributed by atoms with Gasteiger partial charge in [-0.3, -0.25) is 0 Å². The molecule has 0 unspecified atom stereocenters. The van der Waals surface area contributed by atoms with Crippen LogP contribution in [-0.4, -0.2) is 85.3 Å². The molecule has 0 bridgehead atoms. The summed E-state index contributed by atoms with van der Waals surface area (Å²) in [5.41, 5.74) is 7.49. The molecule has 3 fully saturated rings. The second-order valence-corrected chi connectivity index (χ2v) is 12.9.